The lowest BCUT2D eigenvalue weighted by Gasteiger charge is -2.08. The molecule has 2 heteroatoms. The van der Waals surface area contributed by atoms with Gasteiger partial charge in [0.1, 0.15) is 5.65 Å². The number of aromatic nitrogens is 2. The van der Waals surface area contributed by atoms with E-state index in [1.54, 1.807) is 0 Å². The second-order valence-corrected chi connectivity index (χ2v) is 6.92. The van der Waals surface area contributed by atoms with Gasteiger partial charge in [0.2, 0.25) is 0 Å². The summed E-state index contributed by atoms with van der Waals surface area (Å²) in [6.07, 6.45) is 3.11. The van der Waals surface area contributed by atoms with E-state index in [1.807, 2.05) is 6.07 Å². The Kier molecular flexibility index (Phi) is 2.69. The number of imidazole rings is 1. The van der Waals surface area contributed by atoms with Gasteiger partial charge in [-0.1, -0.05) is 54.6 Å². The largest absolute Gasteiger partial charge is 0.299 e. The molecule has 0 aliphatic heterocycles. The van der Waals surface area contributed by atoms with E-state index in [9.17, 15) is 0 Å². The number of nitrogens with zero attached hydrogens (tertiary/aromatic N) is 2. The number of pyridine rings is 1. The van der Waals surface area contributed by atoms with Gasteiger partial charge in [-0.25, -0.2) is 4.98 Å². The molecule has 3 aromatic carbocycles. The fourth-order valence-corrected chi connectivity index (χ4v) is 4.22. The third-order valence-corrected chi connectivity index (χ3v) is 5.42. The maximum absolute atomic E-state index is 4.81. The minimum absolute atomic E-state index is 0.996. The Hall–Kier alpha value is -3.39. The fraction of sp³-hybridized carbons (Fsp3) is 0.0417. The molecule has 2 aromatic heterocycles. The summed E-state index contributed by atoms with van der Waals surface area (Å²) in [6, 6.07) is 28.1. The maximum atomic E-state index is 4.81. The first-order chi connectivity index (χ1) is 12.9. The lowest BCUT2D eigenvalue weighted by molar-refractivity contribution is 1.22. The second-order valence-electron chi connectivity index (χ2n) is 6.92. The molecule has 0 saturated heterocycles. The van der Waals surface area contributed by atoms with Gasteiger partial charge in [0.05, 0.1) is 11.0 Å². The van der Waals surface area contributed by atoms with Crippen molar-refractivity contribution in [3.63, 3.8) is 0 Å². The van der Waals surface area contributed by atoms with E-state index in [1.165, 1.54) is 38.9 Å². The molecule has 2 heterocycles. The lowest BCUT2D eigenvalue weighted by atomic mass is 9.98. The zero-order valence-corrected chi connectivity index (χ0v) is 14.2. The van der Waals surface area contributed by atoms with E-state index < -0.39 is 0 Å². The molecule has 0 bridgehead atoms. The average molecular weight is 332 g/mol. The summed E-state index contributed by atoms with van der Waals surface area (Å²) in [4.78, 5) is 4.81. The molecule has 5 aromatic rings. The molecular formula is C24H16N2. The molecule has 0 amide bonds. The van der Waals surface area contributed by atoms with Crippen molar-refractivity contribution in [2.45, 2.75) is 6.42 Å². The van der Waals surface area contributed by atoms with E-state index in [-0.39, 0.29) is 0 Å². The van der Waals surface area contributed by atoms with Gasteiger partial charge in [-0.05, 0) is 58.5 Å². The van der Waals surface area contributed by atoms with Crippen LogP contribution in [0, 0.1) is 0 Å². The highest BCUT2D eigenvalue weighted by Gasteiger charge is 2.23. The van der Waals surface area contributed by atoms with E-state index in [2.05, 4.69) is 83.4 Å². The highest BCUT2D eigenvalue weighted by molar-refractivity contribution is 6.00. The summed E-state index contributed by atoms with van der Waals surface area (Å²) in [7, 11) is 0. The summed E-state index contributed by atoms with van der Waals surface area (Å²) >= 11 is 0. The molecule has 0 spiro atoms. The number of hydrogen-bond acceptors (Lipinski definition) is 1. The molecule has 26 heavy (non-hydrogen) atoms. The van der Waals surface area contributed by atoms with Crippen LogP contribution in [0.5, 0.6) is 0 Å². The Labute approximate surface area is 151 Å². The van der Waals surface area contributed by atoms with Crippen molar-refractivity contribution in [2.75, 3.05) is 0 Å². The molecule has 0 saturated carbocycles. The van der Waals surface area contributed by atoms with Crippen LogP contribution >= 0.6 is 0 Å². The van der Waals surface area contributed by atoms with Crippen LogP contribution in [0.3, 0.4) is 0 Å². The molecular weight excluding hydrogens is 316 g/mol. The van der Waals surface area contributed by atoms with Gasteiger partial charge < -0.3 is 0 Å². The van der Waals surface area contributed by atoms with Crippen molar-refractivity contribution in [2.24, 2.45) is 0 Å². The predicted molar refractivity (Wildman–Crippen MR) is 106 cm³/mol. The smallest absolute Gasteiger partial charge is 0.137 e. The topological polar surface area (TPSA) is 17.3 Å². The number of rotatable bonds is 1. The van der Waals surface area contributed by atoms with E-state index in [0.29, 0.717) is 0 Å². The summed E-state index contributed by atoms with van der Waals surface area (Å²) in [5.74, 6) is 0. The minimum atomic E-state index is 0.996. The van der Waals surface area contributed by atoms with Crippen molar-refractivity contribution in [1.82, 2.24) is 9.38 Å². The minimum Gasteiger partial charge on any atom is -0.299 e. The van der Waals surface area contributed by atoms with Crippen LogP contribution in [-0.4, -0.2) is 9.38 Å². The maximum Gasteiger partial charge on any atom is 0.137 e. The molecule has 122 valence electrons. The SMILES string of the molecule is c1ccc(-c2ccc3c(c2)-c2c(ccc4nc5ccccn5c24)C3)cc1. The molecule has 0 atom stereocenters. The van der Waals surface area contributed by atoms with Crippen LogP contribution in [0.4, 0.5) is 0 Å². The summed E-state index contributed by atoms with van der Waals surface area (Å²) in [6.45, 7) is 0. The number of fused-ring (bicyclic) bond motifs is 7. The zero-order chi connectivity index (χ0) is 17.1. The third-order valence-electron chi connectivity index (χ3n) is 5.42. The average Bonchev–Trinajstić information content (AvgIpc) is 3.25. The normalized spacial score (nSPS) is 12.5. The zero-order valence-electron chi connectivity index (χ0n) is 14.2. The Morgan fingerprint density at radius 3 is 2.50 bits per heavy atom. The van der Waals surface area contributed by atoms with Gasteiger partial charge in [-0.15, -0.1) is 0 Å². The lowest BCUT2D eigenvalue weighted by Crippen LogP contribution is -1.87. The standard InChI is InChI=1S/C24H16N2/c1-2-6-16(7-3-1)17-9-10-18-14-19-11-12-21-24(23(19)20(18)15-17)26-13-5-4-8-22(26)25-21/h1-13,15H,14H2. The van der Waals surface area contributed by atoms with Gasteiger partial charge in [0.25, 0.3) is 0 Å². The number of hydrogen-bond donors (Lipinski definition) is 0. The first-order valence-corrected chi connectivity index (χ1v) is 8.96. The van der Waals surface area contributed by atoms with E-state index in [0.717, 1.165) is 17.6 Å². The highest BCUT2D eigenvalue weighted by atomic mass is 15.0. The monoisotopic (exact) mass is 332 g/mol. The van der Waals surface area contributed by atoms with Crippen molar-refractivity contribution in [3.8, 4) is 22.3 Å². The van der Waals surface area contributed by atoms with Crippen LogP contribution in [0.25, 0.3) is 38.9 Å². The second kappa shape index (κ2) is 5.06. The van der Waals surface area contributed by atoms with Crippen LogP contribution in [0.1, 0.15) is 11.1 Å². The van der Waals surface area contributed by atoms with Gasteiger partial charge in [0, 0.05) is 11.8 Å². The molecule has 6 rings (SSSR count). The molecule has 1 aliphatic rings. The fourth-order valence-electron chi connectivity index (χ4n) is 4.22. The van der Waals surface area contributed by atoms with Crippen molar-refractivity contribution >= 4 is 16.7 Å². The van der Waals surface area contributed by atoms with Crippen LogP contribution < -0.4 is 0 Å². The highest BCUT2D eigenvalue weighted by Crippen LogP contribution is 2.43. The quantitative estimate of drug-likeness (QED) is 0.376. The third kappa shape index (κ3) is 1.84. The van der Waals surface area contributed by atoms with Crippen LogP contribution in [0.15, 0.2) is 85.1 Å². The molecule has 2 nitrogen and oxygen atoms in total. The Morgan fingerprint density at radius 1 is 0.731 bits per heavy atom. The molecule has 0 N–H and O–H groups in total. The molecule has 0 radical (unpaired) electrons. The molecule has 1 aliphatic carbocycles. The van der Waals surface area contributed by atoms with Gasteiger partial charge in [-0.2, -0.15) is 0 Å². The van der Waals surface area contributed by atoms with Gasteiger partial charge in [0.15, 0.2) is 0 Å². The van der Waals surface area contributed by atoms with Gasteiger partial charge in [-0.3, -0.25) is 4.40 Å². The van der Waals surface area contributed by atoms with Crippen molar-refractivity contribution < 1.29 is 0 Å². The Bertz CT molecular complexity index is 1300. The van der Waals surface area contributed by atoms with E-state index in [4.69, 9.17) is 4.98 Å². The summed E-state index contributed by atoms with van der Waals surface area (Å²) in [5.41, 5.74) is 11.3. The first-order valence-electron chi connectivity index (χ1n) is 8.96. The van der Waals surface area contributed by atoms with Gasteiger partial charge >= 0.3 is 0 Å². The first kappa shape index (κ1) is 13.9. The summed E-state index contributed by atoms with van der Waals surface area (Å²) in [5, 5.41) is 0. The Morgan fingerprint density at radius 2 is 1.58 bits per heavy atom. The number of benzene rings is 3. The van der Waals surface area contributed by atoms with Crippen LogP contribution in [-0.2, 0) is 6.42 Å². The Balaban J connectivity index is 1.68. The molecule has 0 unspecified atom stereocenters. The predicted octanol–water partition coefficient (Wildman–Crippen LogP) is 5.73. The van der Waals surface area contributed by atoms with Crippen molar-refractivity contribution in [3.05, 3.63) is 96.2 Å². The van der Waals surface area contributed by atoms with E-state index >= 15 is 0 Å². The summed E-state index contributed by atoms with van der Waals surface area (Å²) < 4.78 is 2.22. The molecule has 0 fully saturated rings. The van der Waals surface area contributed by atoms with Crippen LogP contribution in [0.2, 0.25) is 0 Å². The van der Waals surface area contributed by atoms with Crippen molar-refractivity contribution in [1.29, 1.82) is 0 Å².